The second-order valence-electron chi connectivity index (χ2n) is 9.51. The summed E-state index contributed by atoms with van der Waals surface area (Å²) in [5.41, 5.74) is 3.50. The Morgan fingerprint density at radius 2 is 1.74 bits per heavy atom. The maximum atomic E-state index is 11.0. The lowest BCUT2D eigenvalue weighted by molar-refractivity contribution is -0.137. The van der Waals surface area contributed by atoms with Gasteiger partial charge in [0.2, 0.25) is 0 Å². The van der Waals surface area contributed by atoms with Gasteiger partial charge in [-0.15, -0.1) is 0 Å². The number of aliphatic carboxylic acids is 1. The Morgan fingerprint density at radius 1 is 1.03 bits per heavy atom. The summed E-state index contributed by atoms with van der Waals surface area (Å²) in [6.45, 7) is 3.56. The Balaban J connectivity index is 1.38. The highest BCUT2D eigenvalue weighted by Crippen LogP contribution is 2.36. The van der Waals surface area contributed by atoms with E-state index in [2.05, 4.69) is 53.5 Å². The number of carboxylic acids is 1. The summed E-state index contributed by atoms with van der Waals surface area (Å²) in [7, 11) is 0. The van der Waals surface area contributed by atoms with Crippen LogP contribution in [0.25, 0.3) is 11.1 Å². The third-order valence-electron chi connectivity index (χ3n) is 7.11. The minimum Gasteiger partial charge on any atom is -0.481 e. The molecule has 1 heterocycles. The number of hydrogen-bond acceptors (Lipinski definition) is 5. The van der Waals surface area contributed by atoms with Gasteiger partial charge >= 0.3 is 5.97 Å². The normalized spacial score (nSPS) is 25.3. The zero-order chi connectivity index (χ0) is 24.5. The molecule has 1 aliphatic carbocycles. The molecule has 1 saturated carbocycles. The predicted octanol–water partition coefficient (Wildman–Crippen LogP) is 4.52. The average molecular weight is 480 g/mol. The largest absolute Gasteiger partial charge is 0.481 e. The van der Waals surface area contributed by atoms with Crippen molar-refractivity contribution in [3.05, 3.63) is 72.3 Å². The van der Waals surface area contributed by atoms with Crippen LogP contribution >= 0.6 is 0 Å². The van der Waals surface area contributed by atoms with Gasteiger partial charge in [0, 0.05) is 37.9 Å². The van der Waals surface area contributed by atoms with Crippen molar-refractivity contribution >= 4 is 5.97 Å². The second-order valence-corrected chi connectivity index (χ2v) is 9.51. The smallest absolute Gasteiger partial charge is 0.303 e. The van der Waals surface area contributed by atoms with Crippen molar-refractivity contribution < 1.29 is 24.5 Å². The van der Waals surface area contributed by atoms with E-state index >= 15 is 0 Å². The van der Waals surface area contributed by atoms with Crippen LogP contribution < -0.4 is 0 Å². The number of aliphatic hydroxyl groups is 1. The Bertz CT molecular complexity index is 939. The van der Waals surface area contributed by atoms with E-state index in [9.17, 15) is 9.90 Å². The van der Waals surface area contributed by atoms with Gasteiger partial charge in [0.1, 0.15) is 0 Å². The second kappa shape index (κ2) is 13.0. The van der Waals surface area contributed by atoms with Crippen molar-refractivity contribution in [2.75, 3.05) is 26.3 Å². The van der Waals surface area contributed by atoms with Gasteiger partial charge in [-0.2, -0.15) is 0 Å². The van der Waals surface area contributed by atoms with Gasteiger partial charge in [0.25, 0.3) is 0 Å². The van der Waals surface area contributed by atoms with Gasteiger partial charge in [-0.05, 0) is 36.0 Å². The van der Waals surface area contributed by atoms with E-state index < -0.39 is 12.1 Å². The number of unbranched alkanes of at least 4 members (excludes halogenated alkanes) is 1. The number of morpholine rings is 1. The van der Waals surface area contributed by atoms with Crippen molar-refractivity contribution in [2.24, 2.45) is 5.92 Å². The summed E-state index contributed by atoms with van der Waals surface area (Å²) in [5, 5.41) is 19.8. The molecule has 2 aromatic rings. The highest BCUT2D eigenvalue weighted by atomic mass is 16.5. The van der Waals surface area contributed by atoms with Gasteiger partial charge in [0.05, 0.1) is 32.0 Å². The third-order valence-corrected chi connectivity index (χ3v) is 7.11. The number of aliphatic hydroxyl groups excluding tert-OH is 1. The molecule has 0 aromatic heterocycles. The molecule has 4 atom stereocenters. The first-order valence-corrected chi connectivity index (χ1v) is 12.7. The number of benzene rings is 2. The van der Waals surface area contributed by atoms with Crippen LogP contribution in [0, 0.1) is 5.92 Å². The lowest BCUT2D eigenvalue weighted by atomic mass is 9.94. The molecule has 188 valence electrons. The van der Waals surface area contributed by atoms with Gasteiger partial charge in [-0.3, -0.25) is 9.69 Å². The first-order valence-electron chi connectivity index (χ1n) is 12.7. The van der Waals surface area contributed by atoms with E-state index in [1.807, 2.05) is 18.2 Å². The molecule has 2 aliphatic rings. The molecule has 0 radical (unpaired) electrons. The fourth-order valence-electron chi connectivity index (χ4n) is 5.30. The topological polar surface area (TPSA) is 79.2 Å². The van der Waals surface area contributed by atoms with Gasteiger partial charge in [0.15, 0.2) is 0 Å². The summed E-state index contributed by atoms with van der Waals surface area (Å²) in [6.07, 6.45) is 6.78. The van der Waals surface area contributed by atoms with Crippen LogP contribution in [0.4, 0.5) is 0 Å². The summed E-state index contributed by atoms with van der Waals surface area (Å²) >= 11 is 0. The van der Waals surface area contributed by atoms with Crippen LogP contribution in [0.15, 0.2) is 66.7 Å². The number of carbonyl (C=O) groups is 1. The number of carboxylic acid groups (broad SMARTS) is 1. The van der Waals surface area contributed by atoms with Crippen molar-refractivity contribution in [1.82, 2.24) is 4.90 Å². The predicted molar refractivity (Wildman–Crippen MR) is 136 cm³/mol. The summed E-state index contributed by atoms with van der Waals surface area (Å²) in [4.78, 5) is 13.1. The van der Waals surface area contributed by atoms with Gasteiger partial charge < -0.3 is 19.7 Å². The molecule has 2 fully saturated rings. The minimum absolute atomic E-state index is 0.0321. The maximum Gasteiger partial charge on any atom is 0.303 e. The molecular weight excluding hydrogens is 442 g/mol. The summed E-state index contributed by atoms with van der Waals surface area (Å²) in [6, 6.07) is 18.9. The Morgan fingerprint density at radius 3 is 2.46 bits per heavy atom. The Hall–Kier alpha value is -2.51. The molecule has 0 unspecified atom stereocenters. The molecule has 35 heavy (non-hydrogen) atoms. The quantitative estimate of drug-likeness (QED) is 0.364. The highest BCUT2D eigenvalue weighted by molar-refractivity contribution is 5.66. The molecule has 0 amide bonds. The SMILES string of the molecule is O=C(O)CCCC=CC[C@@H]1[C@@H](N2CCOCC2)[C@H](O)C[C@@H]1OCc1ccc(-c2ccccc2)cc1. The molecular formula is C29H37NO5. The molecule has 1 saturated heterocycles. The number of allylic oxidation sites excluding steroid dienone is 2. The fraction of sp³-hybridized carbons (Fsp3) is 0.483. The lowest BCUT2D eigenvalue weighted by Gasteiger charge is -2.37. The number of rotatable bonds is 11. The fourth-order valence-corrected chi connectivity index (χ4v) is 5.30. The maximum absolute atomic E-state index is 11.0. The van der Waals surface area contributed by atoms with Crippen molar-refractivity contribution in [3.8, 4) is 11.1 Å². The zero-order valence-electron chi connectivity index (χ0n) is 20.3. The van der Waals surface area contributed by atoms with E-state index in [-0.39, 0.29) is 24.5 Å². The van der Waals surface area contributed by atoms with Crippen LogP contribution in [-0.2, 0) is 20.9 Å². The molecule has 0 bridgehead atoms. The van der Waals surface area contributed by atoms with E-state index in [4.69, 9.17) is 14.6 Å². The zero-order valence-corrected chi connectivity index (χ0v) is 20.3. The summed E-state index contributed by atoms with van der Waals surface area (Å²) in [5.74, 6) is -0.572. The van der Waals surface area contributed by atoms with E-state index in [1.54, 1.807) is 0 Å². The van der Waals surface area contributed by atoms with Crippen molar-refractivity contribution in [2.45, 2.75) is 57.0 Å². The Kier molecular flexibility index (Phi) is 9.49. The third kappa shape index (κ3) is 7.24. The number of hydrogen-bond donors (Lipinski definition) is 2. The molecule has 0 spiro atoms. The van der Waals surface area contributed by atoms with E-state index in [0.29, 0.717) is 32.7 Å². The van der Waals surface area contributed by atoms with Crippen molar-refractivity contribution in [1.29, 1.82) is 0 Å². The number of nitrogens with zero attached hydrogens (tertiary/aromatic N) is 1. The van der Waals surface area contributed by atoms with Crippen LogP contribution in [0.1, 0.15) is 37.7 Å². The first kappa shape index (κ1) is 25.6. The molecule has 4 rings (SSSR count). The highest BCUT2D eigenvalue weighted by Gasteiger charge is 2.45. The minimum atomic E-state index is -0.755. The molecule has 1 aliphatic heterocycles. The van der Waals surface area contributed by atoms with E-state index in [0.717, 1.165) is 31.5 Å². The van der Waals surface area contributed by atoms with Crippen LogP contribution in [-0.4, -0.2) is 65.6 Å². The summed E-state index contributed by atoms with van der Waals surface area (Å²) < 4.78 is 12.0. The Labute approximate surface area is 208 Å². The molecule has 6 nitrogen and oxygen atoms in total. The molecule has 6 heteroatoms. The van der Waals surface area contributed by atoms with Crippen LogP contribution in [0.5, 0.6) is 0 Å². The van der Waals surface area contributed by atoms with Gasteiger partial charge in [-0.25, -0.2) is 0 Å². The van der Waals surface area contributed by atoms with E-state index in [1.165, 1.54) is 11.1 Å². The van der Waals surface area contributed by atoms with Crippen molar-refractivity contribution in [3.63, 3.8) is 0 Å². The van der Waals surface area contributed by atoms with Crippen LogP contribution in [0.2, 0.25) is 0 Å². The molecule has 2 N–H and O–H groups in total. The van der Waals surface area contributed by atoms with Gasteiger partial charge in [-0.1, -0.05) is 66.7 Å². The average Bonchev–Trinajstić information content (AvgIpc) is 3.20. The standard InChI is InChI=1S/C29H37NO5/c31-26-20-27(35-21-22-12-14-24(15-13-22)23-8-4-3-5-9-23)25(10-6-1-2-7-11-28(32)33)29(26)30-16-18-34-19-17-30/h1,3-6,8-9,12-15,25-27,29,31H,2,7,10-11,16-21H2,(H,32,33)/t25-,26+,27-,29+/m0/s1. The molecule has 2 aromatic carbocycles. The first-order chi connectivity index (χ1) is 17.1. The monoisotopic (exact) mass is 479 g/mol. The van der Waals surface area contributed by atoms with Crippen LogP contribution in [0.3, 0.4) is 0 Å². The lowest BCUT2D eigenvalue weighted by Crippen LogP contribution is -2.50. The number of ether oxygens (including phenoxy) is 2.